The van der Waals surface area contributed by atoms with E-state index < -0.39 is 6.61 Å². The van der Waals surface area contributed by atoms with Crippen LogP contribution in [0.4, 0.5) is 20.2 Å². The third-order valence-corrected chi connectivity index (χ3v) is 4.22. The normalized spacial score (nSPS) is 15.1. The molecular weight excluding hydrogens is 340 g/mol. The molecule has 1 aliphatic rings. The summed E-state index contributed by atoms with van der Waals surface area (Å²) in [5.74, 6) is -0.0595. The number of ether oxygens (including phenoxy) is 1. The van der Waals surface area contributed by atoms with Crippen LogP contribution in [0.2, 0.25) is 0 Å². The Morgan fingerprint density at radius 2 is 1.65 bits per heavy atom. The average molecular weight is 361 g/mol. The van der Waals surface area contributed by atoms with Crippen LogP contribution in [0.1, 0.15) is 0 Å². The van der Waals surface area contributed by atoms with E-state index in [1.54, 1.807) is 12.1 Å². The van der Waals surface area contributed by atoms with Crippen molar-refractivity contribution in [3.8, 4) is 5.75 Å². The minimum absolute atomic E-state index is 0.0648. The van der Waals surface area contributed by atoms with E-state index in [4.69, 9.17) is 0 Å². The Hall–Kier alpha value is -2.67. The Balaban J connectivity index is 1.44. The molecule has 0 bridgehead atoms. The summed E-state index contributed by atoms with van der Waals surface area (Å²) in [7, 11) is 0. The number of hydrogen-bond acceptors (Lipinski definition) is 4. The lowest BCUT2D eigenvalue weighted by Crippen LogP contribution is -2.48. The van der Waals surface area contributed by atoms with E-state index >= 15 is 0 Å². The number of alkyl halides is 2. The molecule has 1 heterocycles. The van der Waals surface area contributed by atoms with E-state index in [9.17, 15) is 13.6 Å². The first kappa shape index (κ1) is 18.1. The Kier molecular flexibility index (Phi) is 6.01. The molecule has 0 atom stereocenters. The summed E-state index contributed by atoms with van der Waals surface area (Å²) in [6, 6.07) is 16.1. The highest BCUT2D eigenvalue weighted by molar-refractivity contribution is 5.92. The second-order valence-corrected chi connectivity index (χ2v) is 6.05. The zero-order valence-electron chi connectivity index (χ0n) is 14.3. The summed E-state index contributed by atoms with van der Waals surface area (Å²) in [6.07, 6.45) is 0. The molecule has 1 N–H and O–H groups in total. The molecule has 3 rings (SSSR count). The first-order valence-electron chi connectivity index (χ1n) is 8.47. The summed E-state index contributed by atoms with van der Waals surface area (Å²) < 4.78 is 28.5. The van der Waals surface area contributed by atoms with Gasteiger partial charge in [0.15, 0.2) is 0 Å². The second kappa shape index (κ2) is 8.62. The average Bonchev–Trinajstić information content (AvgIpc) is 2.64. The lowest BCUT2D eigenvalue weighted by Gasteiger charge is -2.35. The number of hydrogen-bond donors (Lipinski definition) is 1. The fourth-order valence-electron chi connectivity index (χ4n) is 2.93. The predicted molar refractivity (Wildman–Crippen MR) is 96.8 cm³/mol. The number of halogens is 2. The predicted octanol–water partition coefficient (Wildman–Crippen LogP) is 3.05. The lowest BCUT2D eigenvalue weighted by atomic mass is 10.2. The van der Waals surface area contributed by atoms with Crippen molar-refractivity contribution >= 4 is 17.3 Å². The molecule has 1 aliphatic heterocycles. The number of carbonyl (C=O) groups excluding carboxylic acids is 1. The minimum atomic E-state index is -2.86. The van der Waals surface area contributed by atoms with Gasteiger partial charge in [-0.1, -0.05) is 18.2 Å². The van der Waals surface area contributed by atoms with Crippen LogP contribution in [-0.4, -0.2) is 50.1 Å². The van der Waals surface area contributed by atoms with Gasteiger partial charge in [-0.2, -0.15) is 8.78 Å². The molecule has 5 nitrogen and oxygen atoms in total. The van der Waals surface area contributed by atoms with Crippen LogP contribution in [0.25, 0.3) is 0 Å². The van der Waals surface area contributed by atoms with E-state index in [1.165, 1.54) is 17.8 Å². The summed E-state index contributed by atoms with van der Waals surface area (Å²) in [5.41, 5.74) is 1.75. The van der Waals surface area contributed by atoms with Crippen molar-refractivity contribution in [1.82, 2.24) is 4.90 Å². The molecule has 0 spiro atoms. The SMILES string of the molecule is O=C(CN1CCN(c2ccccc2)CC1)Nc1ccc(OC(F)F)cc1. The van der Waals surface area contributed by atoms with Crippen LogP contribution < -0.4 is 15.0 Å². The van der Waals surface area contributed by atoms with Crippen LogP contribution in [0.5, 0.6) is 5.75 Å². The van der Waals surface area contributed by atoms with Gasteiger partial charge in [0.1, 0.15) is 5.75 Å². The maximum Gasteiger partial charge on any atom is 0.387 e. The Morgan fingerprint density at radius 3 is 2.27 bits per heavy atom. The lowest BCUT2D eigenvalue weighted by molar-refractivity contribution is -0.117. The number of benzene rings is 2. The van der Waals surface area contributed by atoms with E-state index in [0.29, 0.717) is 12.2 Å². The molecule has 1 amide bonds. The molecule has 0 unspecified atom stereocenters. The van der Waals surface area contributed by atoms with Gasteiger partial charge in [-0.3, -0.25) is 9.69 Å². The van der Waals surface area contributed by atoms with Crippen LogP contribution in [-0.2, 0) is 4.79 Å². The van der Waals surface area contributed by atoms with Gasteiger partial charge in [-0.25, -0.2) is 0 Å². The van der Waals surface area contributed by atoms with Crippen molar-refractivity contribution in [3.05, 3.63) is 54.6 Å². The highest BCUT2D eigenvalue weighted by atomic mass is 19.3. The topological polar surface area (TPSA) is 44.8 Å². The van der Waals surface area contributed by atoms with Crippen molar-refractivity contribution in [2.24, 2.45) is 0 Å². The number of nitrogens with zero attached hydrogens (tertiary/aromatic N) is 2. The van der Waals surface area contributed by atoms with Gasteiger partial charge in [-0.15, -0.1) is 0 Å². The molecule has 0 radical (unpaired) electrons. The molecule has 26 heavy (non-hydrogen) atoms. The van der Waals surface area contributed by atoms with Crippen molar-refractivity contribution in [2.45, 2.75) is 6.61 Å². The molecule has 7 heteroatoms. The first-order chi connectivity index (χ1) is 12.6. The molecule has 0 aromatic heterocycles. The monoisotopic (exact) mass is 361 g/mol. The number of amides is 1. The Labute approximate surface area is 151 Å². The van der Waals surface area contributed by atoms with Crippen LogP contribution in [0.3, 0.4) is 0 Å². The maximum absolute atomic E-state index is 12.2. The number of para-hydroxylation sites is 1. The van der Waals surface area contributed by atoms with Gasteiger partial charge >= 0.3 is 6.61 Å². The molecule has 0 saturated carbocycles. The van der Waals surface area contributed by atoms with Gasteiger partial charge in [0.2, 0.25) is 5.91 Å². The van der Waals surface area contributed by atoms with Gasteiger partial charge < -0.3 is 15.0 Å². The number of rotatable bonds is 6. The van der Waals surface area contributed by atoms with E-state index in [2.05, 4.69) is 32.0 Å². The van der Waals surface area contributed by atoms with Crippen molar-refractivity contribution in [2.75, 3.05) is 42.9 Å². The summed E-state index contributed by atoms with van der Waals surface area (Å²) >= 11 is 0. The molecule has 1 saturated heterocycles. The zero-order chi connectivity index (χ0) is 18.4. The highest BCUT2D eigenvalue weighted by Gasteiger charge is 2.19. The fraction of sp³-hybridized carbons (Fsp3) is 0.316. The largest absolute Gasteiger partial charge is 0.435 e. The molecule has 138 valence electrons. The zero-order valence-corrected chi connectivity index (χ0v) is 14.3. The number of carbonyl (C=O) groups is 1. The smallest absolute Gasteiger partial charge is 0.387 e. The van der Waals surface area contributed by atoms with Crippen molar-refractivity contribution in [3.63, 3.8) is 0 Å². The Morgan fingerprint density at radius 1 is 1.00 bits per heavy atom. The standard InChI is InChI=1S/C19H21F2N3O2/c20-19(21)26-17-8-6-15(7-9-17)22-18(25)14-23-10-12-24(13-11-23)16-4-2-1-3-5-16/h1-9,19H,10-14H2,(H,22,25). The Bertz CT molecular complexity index is 702. The first-order valence-corrected chi connectivity index (χ1v) is 8.47. The van der Waals surface area contributed by atoms with Crippen molar-refractivity contribution in [1.29, 1.82) is 0 Å². The molecular formula is C19H21F2N3O2. The van der Waals surface area contributed by atoms with Gasteiger partial charge in [0.05, 0.1) is 6.54 Å². The quantitative estimate of drug-likeness (QED) is 0.859. The molecule has 2 aromatic carbocycles. The van der Waals surface area contributed by atoms with Crippen molar-refractivity contribution < 1.29 is 18.3 Å². The number of anilines is 2. The van der Waals surface area contributed by atoms with Gasteiger partial charge in [0, 0.05) is 37.6 Å². The van der Waals surface area contributed by atoms with Crippen LogP contribution >= 0.6 is 0 Å². The van der Waals surface area contributed by atoms with Gasteiger partial charge in [0.25, 0.3) is 0 Å². The minimum Gasteiger partial charge on any atom is -0.435 e. The van der Waals surface area contributed by atoms with Crippen LogP contribution in [0, 0.1) is 0 Å². The number of piperazine rings is 1. The summed E-state index contributed by atoms with van der Waals surface area (Å²) in [6.45, 7) is 0.809. The number of nitrogens with one attached hydrogen (secondary N) is 1. The molecule has 2 aromatic rings. The maximum atomic E-state index is 12.2. The third kappa shape index (κ3) is 5.16. The van der Waals surface area contributed by atoms with Gasteiger partial charge in [-0.05, 0) is 36.4 Å². The van der Waals surface area contributed by atoms with Crippen LogP contribution in [0.15, 0.2) is 54.6 Å². The second-order valence-electron chi connectivity index (χ2n) is 6.05. The molecule has 1 fully saturated rings. The summed E-state index contributed by atoms with van der Waals surface area (Å²) in [4.78, 5) is 16.6. The summed E-state index contributed by atoms with van der Waals surface area (Å²) in [5, 5.41) is 2.78. The highest BCUT2D eigenvalue weighted by Crippen LogP contribution is 2.18. The van der Waals surface area contributed by atoms with E-state index in [0.717, 1.165) is 26.2 Å². The fourth-order valence-corrected chi connectivity index (χ4v) is 2.93. The van der Waals surface area contributed by atoms with E-state index in [1.807, 2.05) is 18.2 Å². The third-order valence-electron chi connectivity index (χ3n) is 4.22. The van der Waals surface area contributed by atoms with E-state index in [-0.39, 0.29) is 11.7 Å². The molecule has 0 aliphatic carbocycles.